The predicted molar refractivity (Wildman–Crippen MR) is 83.9 cm³/mol. The second kappa shape index (κ2) is 5.73. The van der Waals surface area contributed by atoms with E-state index >= 15 is 0 Å². The molecule has 0 saturated heterocycles. The molecule has 0 aromatic heterocycles. The first-order valence-corrected chi connectivity index (χ1v) is 7.19. The van der Waals surface area contributed by atoms with Crippen LogP contribution in [-0.2, 0) is 15.1 Å². The molecule has 8 heteroatoms. The van der Waals surface area contributed by atoms with Crippen LogP contribution in [0.3, 0.4) is 0 Å². The fourth-order valence-electron chi connectivity index (χ4n) is 3.25. The van der Waals surface area contributed by atoms with E-state index < -0.39 is 29.2 Å². The van der Waals surface area contributed by atoms with Gasteiger partial charge < -0.3 is 20.5 Å². The van der Waals surface area contributed by atoms with E-state index in [2.05, 4.69) is 5.32 Å². The topological polar surface area (TPSA) is 90.6 Å². The number of urea groups is 1. The summed E-state index contributed by atoms with van der Waals surface area (Å²) in [6, 6.07) is 4.79. The number of ether oxygens (including phenoxy) is 2. The van der Waals surface area contributed by atoms with Gasteiger partial charge in [0, 0.05) is 22.8 Å². The Hall–Kier alpha value is -3.16. The van der Waals surface area contributed by atoms with E-state index in [0.717, 1.165) is 25.3 Å². The average molecular weight is 348 g/mol. The van der Waals surface area contributed by atoms with Gasteiger partial charge in [0.25, 0.3) is 0 Å². The fraction of sp³-hybridized carbons (Fsp3) is 0.176. The highest BCUT2D eigenvalue weighted by molar-refractivity contribution is 6.01. The molecule has 1 atom stereocenters. The molecule has 0 radical (unpaired) electrons. The molecular weight excluding hydrogens is 334 g/mol. The molecule has 130 valence electrons. The van der Waals surface area contributed by atoms with E-state index in [1.807, 2.05) is 0 Å². The van der Waals surface area contributed by atoms with Crippen LogP contribution >= 0.6 is 0 Å². The van der Waals surface area contributed by atoms with Gasteiger partial charge in [-0.05, 0) is 23.8 Å². The van der Waals surface area contributed by atoms with Crippen molar-refractivity contribution in [3.05, 3.63) is 53.1 Å². The molecule has 0 heterocycles. The summed E-state index contributed by atoms with van der Waals surface area (Å²) in [5.74, 6) is -2.17. The number of fused-ring (bicyclic) bond motifs is 3. The Morgan fingerprint density at radius 2 is 1.76 bits per heavy atom. The highest BCUT2D eigenvalue weighted by Crippen LogP contribution is 2.52. The van der Waals surface area contributed by atoms with Crippen LogP contribution in [0.25, 0.3) is 11.1 Å². The van der Waals surface area contributed by atoms with E-state index in [-0.39, 0.29) is 16.9 Å². The maximum Gasteiger partial charge on any atom is 0.341 e. The predicted octanol–water partition coefficient (Wildman–Crippen LogP) is 2.04. The second-order valence-corrected chi connectivity index (χ2v) is 5.45. The average Bonchev–Trinajstić information content (AvgIpc) is 2.83. The molecule has 0 saturated carbocycles. The number of hydrogen-bond acceptors (Lipinski definition) is 4. The summed E-state index contributed by atoms with van der Waals surface area (Å²) in [4.78, 5) is 24.3. The molecule has 25 heavy (non-hydrogen) atoms. The van der Waals surface area contributed by atoms with Crippen LogP contribution in [0.4, 0.5) is 13.6 Å². The zero-order valence-electron chi connectivity index (χ0n) is 13.4. The zero-order valence-corrected chi connectivity index (χ0v) is 13.4. The van der Waals surface area contributed by atoms with E-state index in [4.69, 9.17) is 15.2 Å². The van der Waals surface area contributed by atoms with Gasteiger partial charge in [-0.1, -0.05) is 6.07 Å². The van der Waals surface area contributed by atoms with Gasteiger partial charge in [0.15, 0.2) is 5.54 Å². The minimum absolute atomic E-state index is 0.0515. The zero-order chi connectivity index (χ0) is 18.4. The standard InChI is InChI=1S/C17H14F2N2O4/c1-24-13-7-9(19)6-12-14(13)10-4-3-8(18)5-11(10)17(12,15(22)25-2)21-16(20)23/h3-7H,1-2H3,(H3,20,21,23)/t17-/m0/s1. The van der Waals surface area contributed by atoms with Crippen molar-refractivity contribution < 1.29 is 27.8 Å². The molecule has 2 aromatic carbocycles. The summed E-state index contributed by atoms with van der Waals surface area (Å²) in [6.45, 7) is 0. The van der Waals surface area contributed by atoms with Crippen LogP contribution in [0.15, 0.2) is 30.3 Å². The number of rotatable bonds is 3. The highest BCUT2D eigenvalue weighted by Gasteiger charge is 2.53. The van der Waals surface area contributed by atoms with Crippen LogP contribution < -0.4 is 15.8 Å². The Balaban J connectivity index is 2.48. The Labute approximate surface area is 141 Å². The van der Waals surface area contributed by atoms with Crippen LogP contribution in [0.1, 0.15) is 11.1 Å². The van der Waals surface area contributed by atoms with Gasteiger partial charge in [-0.3, -0.25) is 0 Å². The SMILES string of the molecule is COC(=O)[C@]1(NC(N)=O)c2cc(F)ccc2-c2c(OC)cc(F)cc21. The monoisotopic (exact) mass is 348 g/mol. The quantitative estimate of drug-likeness (QED) is 0.831. The van der Waals surface area contributed by atoms with Crippen LogP contribution in [0, 0.1) is 11.6 Å². The van der Waals surface area contributed by atoms with Crippen LogP contribution in [0.2, 0.25) is 0 Å². The number of carbonyl (C=O) groups is 2. The van der Waals surface area contributed by atoms with Crippen molar-refractivity contribution in [3.8, 4) is 16.9 Å². The van der Waals surface area contributed by atoms with Crippen molar-refractivity contribution >= 4 is 12.0 Å². The number of halogens is 2. The Morgan fingerprint density at radius 1 is 1.08 bits per heavy atom. The largest absolute Gasteiger partial charge is 0.496 e. The molecule has 1 aliphatic rings. The number of primary amides is 1. The molecule has 2 aromatic rings. The maximum atomic E-state index is 14.1. The lowest BCUT2D eigenvalue weighted by Gasteiger charge is -2.29. The van der Waals surface area contributed by atoms with Crippen molar-refractivity contribution in [3.63, 3.8) is 0 Å². The highest BCUT2D eigenvalue weighted by atomic mass is 19.1. The van der Waals surface area contributed by atoms with Gasteiger partial charge in [-0.15, -0.1) is 0 Å². The van der Waals surface area contributed by atoms with Gasteiger partial charge in [0.05, 0.1) is 14.2 Å². The van der Waals surface area contributed by atoms with Crippen LogP contribution in [-0.4, -0.2) is 26.2 Å². The van der Waals surface area contributed by atoms with Crippen molar-refractivity contribution in [2.24, 2.45) is 5.73 Å². The van der Waals surface area contributed by atoms with Crippen molar-refractivity contribution in [1.29, 1.82) is 0 Å². The molecule has 0 bridgehead atoms. The number of benzene rings is 2. The first-order valence-electron chi connectivity index (χ1n) is 7.19. The normalized spacial score (nSPS) is 17.4. The number of amides is 2. The summed E-state index contributed by atoms with van der Waals surface area (Å²) in [5, 5.41) is 2.30. The number of methoxy groups -OCH3 is 2. The molecule has 0 aliphatic heterocycles. The van der Waals surface area contributed by atoms with Crippen LogP contribution in [0.5, 0.6) is 5.75 Å². The first-order chi connectivity index (χ1) is 11.8. The summed E-state index contributed by atoms with van der Waals surface area (Å²) >= 11 is 0. The molecular formula is C17H14F2N2O4. The number of carbonyl (C=O) groups excluding carboxylic acids is 2. The third-order valence-corrected chi connectivity index (χ3v) is 4.15. The smallest absolute Gasteiger partial charge is 0.341 e. The minimum atomic E-state index is -1.98. The van der Waals surface area contributed by atoms with E-state index in [9.17, 15) is 18.4 Å². The fourth-order valence-corrected chi connectivity index (χ4v) is 3.25. The third-order valence-electron chi connectivity index (χ3n) is 4.15. The van der Waals surface area contributed by atoms with Gasteiger partial charge in [-0.2, -0.15) is 0 Å². The van der Waals surface area contributed by atoms with E-state index in [1.54, 1.807) is 0 Å². The van der Waals surface area contributed by atoms with Crippen molar-refractivity contribution in [2.75, 3.05) is 14.2 Å². The lowest BCUT2D eigenvalue weighted by atomic mass is 9.87. The van der Waals surface area contributed by atoms with Gasteiger partial charge >= 0.3 is 12.0 Å². The summed E-state index contributed by atoms with van der Waals surface area (Å²) < 4.78 is 38.0. The molecule has 3 N–H and O–H groups in total. The molecule has 2 amide bonds. The third kappa shape index (κ3) is 2.29. The Kier molecular flexibility index (Phi) is 3.82. The molecule has 0 fully saturated rings. The minimum Gasteiger partial charge on any atom is -0.496 e. The first kappa shape index (κ1) is 16.7. The van der Waals surface area contributed by atoms with E-state index in [0.29, 0.717) is 11.1 Å². The Bertz CT molecular complexity index is 900. The van der Waals surface area contributed by atoms with E-state index in [1.165, 1.54) is 19.2 Å². The number of nitrogens with two attached hydrogens (primary N) is 1. The molecule has 0 unspecified atom stereocenters. The Morgan fingerprint density at radius 3 is 2.36 bits per heavy atom. The molecule has 3 rings (SSSR count). The lowest BCUT2D eigenvalue weighted by Crippen LogP contribution is -2.53. The van der Waals surface area contributed by atoms with Crippen molar-refractivity contribution in [2.45, 2.75) is 5.54 Å². The van der Waals surface area contributed by atoms with Gasteiger partial charge in [0.2, 0.25) is 0 Å². The maximum absolute atomic E-state index is 14.1. The summed E-state index contributed by atoms with van der Waals surface area (Å²) in [5.41, 5.74) is 4.12. The van der Waals surface area contributed by atoms with Gasteiger partial charge in [-0.25, -0.2) is 18.4 Å². The molecule has 6 nitrogen and oxygen atoms in total. The summed E-state index contributed by atoms with van der Waals surface area (Å²) in [6.07, 6.45) is 0. The number of esters is 1. The molecule has 1 aliphatic carbocycles. The van der Waals surface area contributed by atoms with Crippen molar-refractivity contribution in [1.82, 2.24) is 5.32 Å². The molecule has 0 spiro atoms. The second-order valence-electron chi connectivity index (χ2n) is 5.45. The number of hydrogen-bond donors (Lipinski definition) is 2. The summed E-state index contributed by atoms with van der Waals surface area (Å²) in [7, 11) is 2.43. The number of nitrogens with one attached hydrogen (secondary N) is 1. The van der Waals surface area contributed by atoms with Gasteiger partial charge in [0.1, 0.15) is 17.4 Å². The lowest BCUT2D eigenvalue weighted by molar-refractivity contribution is -0.146.